The summed E-state index contributed by atoms with van der Waals surface area (Å²) in [5, 5.41) is 0.448. The summed E-state index contributed by atoms with van der Waals surface area (Å²) in [6, 6.07) is 4.71. The van der Waals surface area contributed by atoms with Crippen LogP contribution >= 0.6 is 11.3 Å². The molecule has 1 aromatic carbocycles. The fraction of sp³-hybridized carbons (Fsp3) is 0. The van der Waals surface area contributed by atoms with Gasteiger partial charge >= 0.3 is 0 Å². The zero-order chi connectivity index (χ0) is 9.42. The molecule has 6 heteroatoms. The van der Waals surface area contributed by atoms with E-state index in [0.717, 1.165) is 10.2 Å². The van der Waals surface area contributed by atoms with Crippen LogP contribution in [-0.2, 0) is 11.1 Å². The lowest BCUT2D eigenvalue weighted by molar-refractivity contribution is 0.537. The standard InChI is InChI=1S/C7H6N2O2S2/c8-7-9-5-2-1-4(13(10)11)3-6(5)12-7/h1-3H,(H2,8,9)(H,10,11)/p-1. The first kappa shape index (κ1) is 8.61. The molecule has 0 aliphatic carbocycles. The molecule has 4 nitrogen and oxygen atoms in total. The van der Waals surface area contributed by atoms with Crippen LogP contribution in [0.4, 0.5) is 5.13 Å². The Labute approximate surface area is 80.7 Å². The Bertz CT molecular complexity index is 480. The van der Waals surface area contributed by atoms with Gasteiger partial charge in [0, 0.05) is 4.90 Å². The Morgan fingerprint density at radius 2 is 2.31 bits per heavy atom. The fourth-order valence-electron chi connectivity index (χ4n) is 1.03. The van der Waals surface area contributed by atoms with E-state index in [0.29, 0.717) is 5.13 Å². The molecule has 0 saturated carbocycles. The van der Waals surface area contributed by atoms with Gasteiger partial charge in [0.05, 0.1) is 10.2 Å². The zero-order valence-corrected chi connectivity index (χ0v) is 8.02. The summed E-state index contributed by atoms with van der Waals surface area (Å²) < 4.78 is 22.0. The maximum absolute atomic E-state index is 10.6. The van der Waals surface area contributed by atoms with Gasteiger partial charge in [0.1, 0.15) is 0 Å². The zero-order valence-electron chi connectivity index (χ0n) is 6.39. The molecule has 0 radical (unpaired) electrons. The third kappa shape index (κ3) is 1.55. The van der Waals surface area contributed by atoms with Gasteiger partial charge in [-0.2, -0.15) is 0 Å². The van der Waals surface area contributed by atoms with E-state index in [1.807, 2.05) is 0 Å². The van der Waals surface area contributed by atoms with Gasteiger partial charge in [-0.05, 0) is 29.3 Å². The van der Waals surface area contributed by atoms with E-state index >= 15 is 0 Å². The number of nitrogens with two attached hydrogens (primary N) is 1. The van der Waals surface area contributed by atoms with Crippen LogP contribution < -0.4 is 5.73 Å². The highest BCUT2D eigenvalue weighted by Gasteiger charge is 2.01. The van der Waals surface area contributed by atoms with Crippen LogP contribution in [0.2, 0.25) is 0 Å². The Balaban J connectivity index is 2.67. The van der Waals surface area contributed by atoms with Gasteiger partial charge in [0.15, 0.2) is 5.13 Å². The average molecular weight is 213 g/mol. The van der Waals surface area contributed by atoms with Gasteiger partial charge < -0.3 is 10.3 Å². The van der Waals surface area contributed by atoms with Crippen molar-refractivity contribution in [1.82, 2.24) is 4.98 Å². The van der Waals surface area contributed by atoms with Gasteiger partial charge in [-0.1, -0.05) is 11.3 Å². The molecule has 0 bridgehead atoms. The summed E-state index contributed by atoms with van der Waals surface area (Å²) in [4.78, 5) is 4.27. The van der Waals surface area contributed by atoms with Crippen molar-refractivity contribution in [3.8, 4) is 0 Å². The van der Waals surface area contributed by atoms with Gasteiger partial charge in [-0.15, -0.1) is 0 Å². The van der Waals surface area contributed by atoms with E-state index in [1.54, 1.807) is 12.1 Å². The van der Waals surface area contributed by atoms with Crippen LogP contribution in [0, 0.1) is 0 Å². The van der Waals surface area contributed by atoms with Crippen molar-refractivity contribution in [1.29, 1.82) is 0 Å². The third-order valence-electron chi connectivity index (χ3n) is 1.57. The molecule has 1 unspecified atom stereocenters. The highest BCUT2D eigenvalue weighted by atomic mass is 32.2. The number of hydrogen-bond donors (Lipinski definition) is 1. The highest BCUT2D eigenvalue weighted by Crippen LogP contribution is 2.25. The SMILES string of the molecule is Nc1nc2ccc(S(=O)[O-])cc2s1. The summed E-state index contributed by atoms with van der Waals surface area (Å²) in [5.74, 6) is 0. The molecule has 0 saturated heterocycles. The van der Waals surface area contributed by atoms with E-state index in [-0.39, 0.29) is 4.90 Å². The summed E-state index contributed by atoms with van der Waals surface area (Å²) in [6.45, 7) is 0. The number of anilines is 1. The second-order valence-electron chi connectivity index (χ2n) is 2.42. The van der Waals surface area contributed by atoms with Gasteiger partial charge in [0.2, 0.25) is 0 Å². The molecular formula is C7H5N2O2S2-. The maximum Gasteiger partial charge on any atom is 0.181 e. The predicted octanol–water partition coefficient (Wildman–Crippen LogP) is 1.12. The molecule has 0 fully saturated rings. The Kier molecular flexibility index (Phi) is 2.03. The van der Waals surface area contributed by atoms with E-state index in [1.165, 1.54) is 17.4 Å². The summed E-state index contributed by atoms with van der Waals surface area (Å²) >= 11 is -0.911. The summed E-state index contributed by atoms with van der Waals surface area (Å²) in [5.41, 5.74) is 6.20. The second kappa shape index (κ2) is 3.06. The van der Waals surface area contributed by atoms with Crippen molar-refractivity contribution < 1.29 is 8.76 Å². The molecule has 0 amide bonds. The van der Waals surface area contributed by atoms with E-state index in [9.17, 15) is 8.76 Å². The minimum absolute atomic E-state index is 0.260. The van der Waals surface area contributed by atoms with Crippen LogP contribution in [-0.4, -0.2) is 13.7 Å². The van der Waals surface area contributed by atoms with Crippen molar-refractivity contribution >= 4 is 37.8 Å². The van der Waals surface area contributed by atoms with E-state index < -0.39 is 11.1 Å². The van der Waals surface area contributed by atoms with Crippen molar-refractivity contribution in [2.24, 2.45) is 0 Å². The lowest BCUT2D eigenvalue weighted by Crippen LogP contribution is -1.86. The maximum atomic E-state index is 10.6. The number of thiazole rings is 1. The van der Waals surface area contributed by atoms with Gasteiger partial charge in [-0.25, -0.2) is 4.98 Å². The third-order valence-corrected chi connectivity index (χ3v) is 3.06. The van der Waals surface area contributed by atoms with Crippen molar-refractivity contribution in [3.05, 3.63) is 18.2 Å². The molecule has 13 heavy (non-hydrogen) atoms. The van der Waals surface area contributed by atoms with Crippen LogP contribution in [0.3, 0.4) is 0 Å². The van der Waals surface area contributed by atoms with Crippen LogP contribution in [0.15, 0.2) is 23.1 Å². The number of nitrogens with zero attached hydrogens (tertiary/aromatic N) is 1. The van der Waals surface area contributed by atoms with E-state index in [4.69, 9.17) is 5.73 Å². The van der Waals surface area contributed by atoms with Crippen LogP contribution in [0.5, 0.6) is 0 Å². The molecule has 1 aromatic heterocycles. The summed E-state index contributed by atoms with van der Waals surface area (Å²) in [7, 11) is 0. The fourth-order valence-corrected chi connectivity index (χ4v) is 2.27. The average Bonchev–Trinajstić information content (AvgIpc) is 2.42. The molecule has 2 N–H and O–H groups in total. The minimum atomic E-state index is -2.19. The number of hydrogen-bond acceptors (Lipinski definition) is 5. The predicted molar refractivity (Wildman–Crippen MR) is 51.2 cm³/mol. The van der Waals surface area contributed by atoms with Crippen molar-refractivity contribution in [3.63, 3.8) is 0 Å². The normalized spacial score (nSPS) is 13.3. The minimum Gasteiger partial charge on any atom is -0.768 e. The Hall–Kier alpha value is -0.980. The number of nitrogen functional groups attached to an aromatic ring is 1. The number of benzene rings is 1. The van der Waals surface area contributed by atoms with Crippen LogP contribution in [0.25, 0.3) is 10.2 Å². The monoisotopic (exact) mass is 213 g/mol. The first-order valence-corrected chi connectivity index (χ1v) is 5.31. The topological polar surface area (TPSA) is 79.0 Å². The molecule has 1 heterocycles. The smallest absolute Gasteiger partial charge is 0.181 e. The lowest BCUT2D eigenvalue weighted by Gasteiger charge is -2.02. The Morgan fingerprint density at radius 3 is 3.00 bits per heavy atom. The molecular weight excluding hydrogens is 208 g/mol. The summed E-state index contributed by atoms with van der Waals surface area (Å²) in [6.07, 6.45) is 0. The molecule has 68 valence electrons. The number of rotatable bonds is 1. The molecule has 2 rings (SSSR count). The lowest BCUT2D eigenvalue weighted by atomic mass is 10.3. The first-order valence-electron chi connectivity index (χ1n) is 3.42. The quantitative estimate of drug-likeness (QED) is 0.720. The van der Waals surface area contributed by atoms with Crippen molar-refractivity contribution in [2.75, 3.05) is 5.73 Å². The largest absolute Gasteiger partial charge is 0.768 e. The van der Waals surface area contributed by atoms with Crippen LogP contribution in [0.1, 0.15) is 0 Å². The molecule has 0 aliphatic heterocycles. The highest BCUT2D eigenvalue weighted by molar-refractivity contribution is 7.79. The Morgan fingerprint density at radius 1 is 1.54 bits per heavy atom. The molecule has 0 aliphatic rings. The van der Waals surface area contributed by atoms with Gasteiger partial charge in [-0.3, -0.25) is 4.21 Å². The molecule has 2 aromatic rings. The first-order chi connectivity index (χ1) is 6.16. The van der Waals surface area contributed by atoms with Gasteiger partial charge in [0.25, 0.3) is 0 Å². The molecule has 1 atom stereocenters. The number of fused-ring (bicyclic) bond motifs is 1. The second-order valence-corrected chi connectivity index (χ2v) is 4.42. The van der Waals surface area contributed by atoms with E-state index in [2.05, 4.69) is 4.98 Å². The number of aromatic nitrogens is 1. The molecule has 0 spiro atoms. The van der Waals surface area contributed by atoms with Crippen molar-refractivity contribution in [2.45, 2.75) is 4.90 Å².